The molecule has 2 aromatic rings. The number of carbonyl (C=O) groups excluding carboxylic acids is 1. The van der Waals surface area contributed by atoms with E-state index in [0.717, 1.165) is 12.5 Å². The van der Waals surface area contributed by atoms with Crippen molar-refractivity contribution >= 4 is 11.6 Å². The second-order valence-electron chi connectivity index (χ2n) is 3.26. The van der Waals surface area contributed by atoms with Crippen LogP contribution in [0.5, 0.6) is 0 Å². The summed E-state index contributed by atoms with van der Waals surface area (Å²) >= 11 is 0. The van der Waals surface area contributed by atoms with Crippen LogP contribution in [0.1, 0.15) is 16.2 Å². The molecule has 0 aliphatic carbocycles. The number of carbonyl (C=O) groups is 1. The Morgan fingerprint density at radius 1 is 1.53 bits per heavy atom. The number of benzene rings is 1. The first kappa shape index (κ1) is 11.1. The number of hydrogen-bond acceptors (Lipinski definition) is 5. The molecule has 3 N–H and O–H groups in total. The molecule has 0 fully saturated rings. The maximum Gasteiger partial charge on any atom is 0.253 e. The van der Waals surface area contributed by atoms with Crippen LogP contribution in [-0.2, 0) is 6.54 Å². The highest BCUT2D eigenvalue weighted by molar-refractivity contribution is 5.98. The lowest BCUT2D eigenvalue weighted by Gasteiger charge is -2.05. The molecule has 0 aliphatic heterocycles. The van der Waals surface area contributed by atoms with Gasteiger partial charge in [-0.05, 0) is 18.2 Å². The molecule has 0 saturated carbocycles. The molecule has 2 rings (SSSR count). The lowest BCUT2D eigenvalue weighted by Crippen LogP contribution is -2.24. The molecule has 1 aromatic carbocycles. The van der Waals surface area contributed by atoms with E-state index in [2.05, 4.69) is 20.0 Å². The second kappa shape index (κ2) is 4.60. The number of rotatable bonds is 3. The van der Waals surface area contributed by atoms with Gasteiger partial charge in [-0.2, -0.15) is 4.98 Å². The summed E-state index contributed by atoms with van der Waals surface area (Å²) in [4.78, 5) is 15.4. The van der Waals surface area contributed by atoms with Crippen LogP contribution in [-0.4, -0.2) is 16.0 Å². The Bertz CT molecular complexity index is 527. The van der Waals surface area contributed by atoms with E-state index in [1.54, 1.807) is 0 Å². The van der Waals surface area contributed by atoms with Crippen LogP contribution in [0.15, 0.2) is 29.1 Å². The number of anilines is 1. The van der Waals surface area contributed by atoms with Gasteiger partial charge in [0, 0.05) is 5.69 Å². The number of nitrogens with one attached hydrogen (secondary N) is 1. The highest BCUT2D eigenvalue weighted by atomic mass is 19.1. The Morgan fingerprint density at radius 3 is 3.00 bits per heavy atom. The number of hydrogen-bond donors (Lipinski definition) is 2. The van der Waals surface area contributed by atoms with Crippen LogP contribution in [0.2, 0.25) is 0 Å². The molecule has 0 atom stereocenters. The first-order chi connectivity index (χ1) is 8.16. The predicted octanol–water partition coefficient (Wildman–Crippen LogP) is 0.721. The van der Waals surface area contributed by atoms with Crippen molar-refractivity contribution in [3.8, 4) is 0 Å². The van der Waals surface area contributed by atoms with Crippen molar-refractivity contribution in [2.75, 3.05) is 5.73 Å². The quantitative estimate of drug-likeness (QED) is 0.766. The average Bonchev–Trinajstić information content (AvgIpc) is 2.78. The maximum absolute atomic E-state index is 12.8. The highest BCUT2D eigenvalue weighted by Crippen LogP contribution is 2.13. The summed E-state index contributed by atoms with van der Waals surface area (Å²) in [7, 11) is 0. The van der Waals surface area contributed by atoms with E-state index in [9.17, 15) is 9.18 Å². The van der Waals surface area contributed by atoms with Gasteiger partial charge in [-0.25, -0.2) is 4.39 Å². The van der Waals surface area contributed by atoms with Crippen molar-refractivity contribution in [3.63, 3.8) is 0 Å². The average molecular weight is 236 g/mol. The summed E-state index contributed by atoms with van der Waals surface area (Å²) in [5.41, 5.74) is 5.80. The van der Waals surface area contributed by atoms with E-state index >= 15 is 0 Å². The maximum atomic E-state index is 12.8. The van der Waals surface area contributed by atoms with Gasteiger partial charge in [0.15, 0.2) is 5.82 Å². The lowest BCUT2D eigenvalue weighted by atomic mass is 10.1. The fourth-order valence-electron chi connectivity index (χ4n) is 1.27. The summed E-state index contributed by atoms with van der Waals surface area (Å²) in [6, 6.07) is 3.57. The van der Waals surface area contributed by atoms with Crippen molar-refractivity contribution in [2.45, 2.75) is 6.54 Å². The largest absolute Gasteiger partial charge is 0.398 e. The zero-order valence-electron chi connectivity index (χ0n) is 8.68. The van der Waals surface area contributed by atoms with Crippen LogP contribution >= 0.6 is 0 Å². The zero-order valence-corrected chi connectivity index (χ0v) is 8.68. The molecule has 1 heterocycles. The minimum atomic E-state index is -0.489. The third kappa shape index (κ3) is 2.57. The molecule has 88 valence electrons. The van der Waals surface area contributed by atoms with Crippen molar-refractivity contribution in [1.29, 1.82) is 0 Å². The summed E-state index contributed by atoms with van der Waals surface area (Å²) in [5, 5.41) is 6.06. The van der Waals surface area contributed by atoms with Gasteiger partial charge in [0.2, 0.25) is 6.39 Å². The Hall–Kier alpha value is -2.44. The fraction of sp³-hybridized carbons (Fsp3) is 0.100. The number of halogens is 1. The second-order valence-corrected chi connectivity index (χ2v) is 3.26. The van der Waals surface area contributed by atoms with Gasteiger partial charge in [0.05, 0.1) is 12.1 Å². The molecule has 0 aliphatic rings. The number of amides is 1. The van der Waals surface area contributed by atoms with E-state index in [1.165, 1.54) is 12.1 Å². The summed E-state index contributed by atoms with van der Waals surface area (Å²) in [5.74, 6) is -0.566. The predicted molar refractivity (Wildman–Crippen MR) is 56.3 cm³/mol. The molecule has 17 heavy (non-hydrogen) atoms. The molecule has 0 radical (unpaired) electrons. The zero-order chi connectivity index (χ0) is 12.3. The van der Waals surface area contributed by atoms with Crippen molar-refractivity contribution in [3.05, 3.63) is 41.8 Å². The first-order valence-electron chi connectivity index (χ1n) is 4.75. The molecular formula is C10H9FN4O2. The van der Waals surface area contributed by atoms with Gasteiger partial charge in [-0.3, -0.25) is 4.79 Å². The molecule has 0 unspecified atom stereocenters. The van der Waals surface area contributed by atoms with Gasteiger partial charge in [-0.1, -0.05) is 5.16 Å². The molecule has 1 aromatic heterocycles. The minimum absolute atomic E-state index is 0.0793. The van der Waals surface area contributed by atoms with Gasteiger partial charge < -0.3 is 15.6 Å². The molecule has 1 amide bonds. The van der Waals surface area contributed by atoms with Crippen molar-refractivity contribution in [2.24, 2.45) is 0 Å². The normalized spacial score (nSPS) is 10.2. The Balaban J connectivity index is 2.04. The third-order valence-electron chi connectivity index (χ3n) is 2.07. The smallest absolute Gasteiger partial charge is 0.253 e. The van der Waals surface area contributed by atoms with Crippen LogP contribution in [0.3, 0.4) is 0 Å². The van der Waals surface area contributed by atoms with Gasteiger partial charge in [0.1, 0.15) is 5.82 Å². The van der Waals surface area contributed by atoms with Crippen molar-refractivity contribution in [1.82, 2.24) is 15.5 Å². The van der Waals surface area contributed by atoms with Crippen LogP contribution in [0.4, 0.5) is 10.1 Å². The van der Waals surface area contributed by atoms with E-state index in [-0.39, 0.29) is 17.8 Å². The number of aromatic nitrogens is 2. The molecule has 0 bridgehead atoms. The number of nitrogens with zero attached hydrogens (tertiary/aromatic N) is 2. The standard InChI is InChI=1S/C10H9FN4O2/c11-6-1-2-7(8(12)3-6)10(16)13-4-9-14-5-17-15-9/h1-3,5H,4,12H2,(H,13,16). The fourth-order valence-corrected chi connectivity index (χ4v) is 1.27. The third-order valence-corrected chi connectivity index (χ3v) is 2.07. The van der Waals surface area contributed by atoms with Gasteiger partial charge >= 0.3 is 0 Å². The number of nitrogen functional groups attached to an aromatic ring is 1. The van der Waals surface area contributed by atoms with E-state index < -0.39 is 11.7 Å². The van der Waals surface area contributed by atoms with Crippen LogP contribution < -0.4 is 11.1 Å². The Kier molecular flexibility index (Phi) is 2.99. The van der Waals surface area contributed by atoms with E-state index in [0.29, 0.717) is 5.82 Å². The van der Waals surface area contributed by atoms with E-state index in [4.69, 9.17) is 5.73 Å². The summed E-state index contributed by atoms with van der Waals surface area (Å²) in [6.45, 7) is 0.117. The SMILES string of the molecule is Nc1cc(F)ccc1C(=O)NCc1ncon1. The van der Waals surface area contributed by atoms with Crippen LogP contribution in [0, 0.1) is 5.82 Å². The summed E-state index contributed by atoms with van der Waals surface area (Å²) < 4.78 is 17.3. The Labute approximate surface area is 95.6 Å². The molecule has 7 heteroatoms. The number of nitrogens with two attached hydrogens (primary N) is 1. The summed E-state index contributed by atoms with van der Waals surface area (Å²) in [6.07, 6.45) is 1.16. The highest BCUT2D eigenvalue weighted by Gasteiger charge is 2.10. The minimum Gasteiger partial charge on any atom is -0.398 e. The molecule has 6 nitrogen and oxygen atoms in total. The molecule has 0 saturated heterocycles. The van der Waals surface area contributed by atoms with Crippen molar-refractivity contribution < 1.29 is 13.7 Å². The topological polar surface area (TPSA) is 94.0 Å². The molecule has 0 spiro atoms. The first-order valence-corrected chi connectivity index (χ1v) is 4.75. The monoisotopic (exact) mass is 236 g/mol. The molecular weight excluding hydrogens is 227 g/mol. The lowest BCUT2D eigenvalue weighted by molar-refractivity contribution is 0.0950. The van der Waals surface area contributed by atoms with E-state index in [1.807, 2.05) is 0 Å². The Morgan fingerprint density at radius 2 is 2.35 bits per heavy atom. The van der Waals surface area contributed by atoms with Gasteiger partial charge in [0.25, 0.3) is 5.91 Å². The van der Waals surface area contributed by atoms with Crippen LogP contribution in [0.25, 0.3) is 0 Å². The van der Waals surface area contributed by atoms with Gasteiger partial charge in [-0.15, -0.1) is 0 Å².